The molecule has 0 aliphatic heterocycles. The van der Waals surface area contributed by atoms with Crippen LogP contribution in [-0.4, -0.2) is 27.7 Å². The molecule has 120 valence electrons. The van der Waals surface area contributed by atoms with E-state index in [0.29, 0.717) is 12.3 Å². The van der Waals surface area contributed by atoms with Crippen LogP contribution in [0.3, 0.4) is 0 Å². The van der Waals surface area contributed by atoms with Crippen LogP contribution in [-0.2, 0) is 11.3 Å². The van der Waals surface area contributed by atoms with Crippen LogP contribution in [0.2, 0.25) is 0 Å². The van der Waals surface area contributed by atoms with Gasteiger partial charge in [-0.05, 0) is 39.5 Å². The summed E-state index contributed by atoms with van der Waals surface area (Å²) >= 11 is 1.15. The minimum absolute atomic E-state index is 0.00919. The second-order valence-electron chi connectivity index (χ2n) is 6.30. The van der Waals surface area contributed by atoms with E-state index >= 15 is 0 Å². The van der Waals surface area contributed by atoms with Crippen LogP contribution < -0.4 is 10.2 Å². The van der Waals surface area contributed by atoms with Gasteiger partial charge in [0.25, 0.3) is 0 Å². The number of hydrogen-bond acceptors (Lipinski definition) is 4. The van der Waals surface area contributed by atoms with Gasteiger partial charge in [0.15, 0.2) is 0 Å². The van der Waals surface area contributed by atoms with Crippen molar-refractivity contribution in [3.8, 4) is 0 Å². The Balaban J connectivity index is 2.53. The van der Waals surface area contributed by atoms with Crippen LogP contribution in [0.15, 0.2) is 4.79 Å². The molecule has 0 aliphatic rings. The lowest BCUT2D eigenvalue weighted by molar-refractivity contribution is -0.122. The smallest absolute Gasteiger partial charge is 0.308 e. The van der Waals surface area contributed by atoms with Gasteiger partial charge in [0, 0.05) is 17.1 Å². The van der Waals surface area contributed by atoms with Gasteiger partial charge in [-0.25, -0.2) is 0 Å². The van der Waals surface area contributed by atoms with Crippen molar-refractivity contribution in [2.24, 2.45) is 5.92 Å². The van der Waals surface area contributed by atoms with Crippen LogP contribution in [0.5, 0.6) is 0 Å². The zero-order valence-electron chi connectivity index (χ0n) is 13.5. The molecule has 0 spiro atoms. The van der Waals surface area contributed by atoms with E-state index in [9.17, 15) is 14.7 Å². The van der Waals surface area contributed by atoms with Gasteiger partial charge >= 0.3 is 4.87 Å². The molecule has 1 heterocycles. The molecule has 0 aromatic carbocycles. The molecule has 1 unspecified atom stereocenters. The number of carbonyl (C=O) groups excluding carboxylic acids is 1. The molecule has 1 aromatic rings. The minimum atomic E-state index is -0.912. The molecule has 0 saturated heterocycles. The van der Waals surface area contributed by atoms with Gasteiger partial charge in [-0.1, -0.05) is 25.2 Å². The van der Waals surface area contributed by atoms with E-state index in [-0.39, 0.29) is 23.9 Å². The van der Waals surface area contributed by atoms with Crippen LogP contribution in [0.1, 0.15) is 44.2 Å². The van der Waals surface area contributed by atoms with E-state index in [1.54, 1.807) is 6.92 Å². The van der Waals surface area contributed by atoms with Crippen molar-refractivity contribution < 1.29 is 9.90 Å². The Morgan fingerprint density at radius 1 is 1.43 bits per heavy atom. The summed E-state index contributed by atoms with van der Waals surface area (Å²) in [6, 6.07) is 0. The molecule has 0 bridgehead atoms. The number of nitrogens with zero attached hydrogens (tertiary/aromatic N) is 1. The molecule has 1 aromatic heterocycles. The Kier molecular flexibility index (Phi) is 6.16. The van der Waals surface area contributed by atoms with E-state index in [4.69, 9.17) is 0 Å². The summed E-state index contributed by atoms with van der Waals surface area (Å²) in [5, 5.41) is 12.9. The number of aryl methyl sites for hydroxylation is 1. The van der Waals surface area contributed by atoms with Crippen molar-refractivity contribution in [2.75, 3.05) is 6.54 Å². The first-order chi connectivity index (χ1) is 9.62. The van der Waals surface area contributed by atoms with Gasteiger partial charge in [0.05, 0.1) is 5.60 Å². The Morgan fingerprint density at radius 2 is 2.05 bits per heavy atom. The fourth-order valence-corrected chi connectivity index (χ4v) is 2.78. The monoisotopic (exact) mass is 314 g/mol. The first kappa shape index (κ1) is 17.9. The SMILES string of the molecule is Cc1sc(=O)n(CC(=O)NCC(C)(O)CCC(C)C)c1C. The Bertz CT molecular complexity index is 544. The second-order valence-corrected chi connectivity index (χ2v) is 7.47. The maximum atomic E-state index is 11.9. The van der Waals surface area contributed by atoms with Crippen molar-refractivity contribution >= 4 is 17.2 Å². The summed E-state index contributed by atoms with van der Waals surface area (Å²) in [6.07, 6.45) is 1.55. The third-order valence-corrected chi connectivity index (χ3v) is 4.60. The predicted molar refractivity (Wildman–Crippen MR) is 85.8 cm³/mol. The number of thiazole rings is 1. The van der Waals surface area contributed by atoms with Gasteiger partial charge in [0.1, 0.15) is 6.54 Å². The summed E-state index contributed by atoms with van der Waals surface area (Å²) in [7, 11) is 0. The van der Waals surface area contributed by atoms with Crippen LogP contribution in [0.25, 0.3) is 0 Å². The zero-order chi connectivity index (χ0) is 16.2. The average molecular weight is 314 g/mol. The van der Waals surface area contributed by atoms with Crippen molar-refractivity contribution in [3.63, 3.8) is 0 Å². The average Bonchev–Trinajstić information content (AvgIpc) is 2.61. The van der Waals surface area contributed by atoms with Crippen molar-refractivity contribution in [3.05, 3.63) is 20.2 Å². The van der Waals surface area contributed by atoms with Crippen molar-refractivity contribution in [1.29, 1.82) is 0 Å². The molecule has 0 fully saturated rings. The van der Waals surface area contributed by atoms with Crippen LogP contribution in [0.4, 0.5) is 0 Å². The van der Waals surface area contributed by atoms with Crippen LogP contribution in [0, 0.1) is 19.8 Å². The highest BCUT2D eigenvalue weighted by atomic mass is 32.1. The third kappa shape index (κ3) is 5.63. The maximum absolute atomic E-state index is 11.9. The first-order valence-corrected chi connectivity index (χ1v) is 8.10. The van der Waals surface area contributed by atoms with Crippen LogP contribution >= 0.6 is 11.3 Å². The molecular formula is C15H26N2O3S. The Labute approximate surface area is 130 Å². The number of carbonyl (C=O) groups is 1. The third-order valence-electron chi connectivity index (χ3n) is 3.60. The maximum Gasteiger partial charge on any atom is 0.308 e. The zero-order valence-corrected chi connectivity index (χ0v) is 14.3. The number of aliphatic hydroxyl groups is 1. The van der Waals surface area contributed by atoms with E-state index in [0.717, 1.165) is 28.3 Å². The molecule has 5 nitrogen and oxygen atoms in total. The second kappa shape index (κ2) is 7.22. The molecule has 0 aliphatic carbocycles. The molecule has 1 amide bonds. The standard InChI is InChI=1S/C15H26N2O3S/c1-10(2)6-7-15(5,20)9-16-13(18)8-17-11(3)12(4)21-14(17)19/h10,20H,6-9H2,1-5H3,(H,16,18). The lowest BCUT2D eigenvalue weighted by atomic mass is 9.95. The highest BCUT2D eigenvalue weighted by molar-refractivity contribution is 7.09. The molecular weight excluding hydrogens is 288 g/mol. The highest BCUT2D eigenvalue weighted by Crippen LogP contribution is 2.15. The molecule has 0 saturated carbocycles. The number of aromatic nitrogens is 1. The fraction of sp³-hybridized carbons (Fsp3) is 0.733. The summed E-state index contributed by atoms with van der Waals surface area (Å²) in [4.78, 5) is 24.5. The number of rotatable bonds is 7. The van der Waals surface area contributed by atoms with E-state index in [1.807, 2.05) is 13.8 Å². The lowest BCUT2D eigenvalue weighted by Crippen LogP contribution is -2.42. The van der Waals surface area contributed by atoms with Gasteiger partial charge in [-0.2, -0.15) is 0 Å². The van der Waals surface area contributed by atoms with Gasteiger partial charge < -0.3 is 10.4 Å². The molecule has 2 N–H and O–H groups in total. The molecule has 6 heteroatoms. The van der Waals surface area contributed by atoms with Crippen molar-refractivity contribution in [1.82, 2.24) is 9.88 Å². The summed E-state index contributed by atoms with van der Waals surface area (Å²) < 4.78 is 1.47. The fourth-order valence-electron chi connectivity index (χ4n) is 1.95. The predicted octanol–water partition coefficient (Wildman–Crippen LogP) is 1.83. The number of nitrogens with one attached hydrogen (secondary N) is 1. The topological polar surface area (TPSA) is 71.3 Å². The van der Waals surface area contributed by atoms with Gasteiger partial charge in [0.2, 0.25) is 5.91 Å². The normalized spacial score (nSPS) is 14.2. The van der Waals surface area contributed by atoms with E-state index in [1.165, 1.54) is 4.57 Å². The van der Waals surface area contributed by atoms with E-state index < -0.39 is 5.60 Å². The Hall–Kier alpha value is -1.14. The summed E-state index contributed by atoms with van der Waals surface area (Å²) in [5.74, 6) is 0.269. The quantitative estimate of drug-likeness (QED) is 0.806. The first-order valence-electron chi connectivity index (χ1n) is 7.28. The minimum Gasteiger partial charge on any atom is -0.388 e. The van der Waals surface area contributed by atoms with Gasteiger partial charge in [-0.15, -0.1) is 0 Å². The summed E-state index contributed by atoms with van der Waals surface area (Å²) in [6.45, 7) is 9.84. The number of hydrogen-bond donors (Lipinski definition) is 2. The number of amides is 1. The molecule has 0 radical (unpaired) electrons. The molecule has 1 rings (SSSR count). The summed E-state index contributed by atoms with van der Waals surface area (Å²) in [5.41, 5.74) is -0.0865. The molecule has 1 atom stereocenters. The highest BCUT2D eigenvalue weighted by Gasteiger charge is 2.21. The largest absolute Gasteiger partial charge is 0.388 e. The Morgan fingerprint density at radius 3 is 2.52 bits per heavy atom. The molecule has 21 heavy (non-hydrogen) atoms. The van der Waals surface area contributed by atoms with Crippen molar-refractivity contribution in [2.45, 2.75) is 59.6 Å². The van der Waals surface area contributed by atoms with E-state index in [2.05, 4.69) is 19.2 Å². The van der Waals surface area contributed by atoms with Gasteiger partial charge in [-0.3, -0.25) is 14.2 Å². The lowest BCUT2D eigenvalue weighted by Gasteiger charge is -2.24.